The average Bonchev–Trinajstić information content (AvgIpc) is 2.28. The van der Waals surface area contributed by atoms with E-state index in [0.717, 1.165) is 5.56 Å². The van der Waals surface area contributed by atoms with Crippen molar-refractivity contribution in [1.82, 2.24) is 0 Å². The van der Waals surface area contributed by atoms with Crippen LogP contribution in [0.15, 0.2) is 24.3 Å². The van der Waals surface area contributed by atoms with Gasteiger partial charge in [-0.2, -0.15) is 0 Å². The Labute approximate surface area is 76.2 Å². The van der Waals surface area contributed by atoms with E-state index in [-0.39, 0.29) is 11.9 Å². The van der Waals surface area contributed by atoms with Crippen molar-refractivity contribution in [2.75, 3.05) is 0 Å². The van der Waals surface area contributed by atoms with E-state index in [9.17, 15) is 4.79 Å². The summed E-state index contributed by atoms with van der Waals surface area (Å²) in [5, 5.41) is 0. The largest absolute Gasteiger partial charge is 0.358 e. The molecule has 1 aromatic carbocycles. The van der Waals surface area contributed by atoms with Crippen LogP contribution < -0.4 is 4.89 Å². The maximum atomic E-state index is 11.1. The Hall–Kier alpha value is -1.51. The lowest BCUT2D eigenvalue weighted by molar-refractivity contribution is -0.215. The van der Waals surface area contributed by atoms with Crippen LogP contribution in [0, 0.1) is 5.92 Å². The van der Waals surface area contributed by atoms with Gasteiger partial charge < -0.3 is 0 Å². The Bertz CT molecular complexity index is 333. The van der Waals surface area contributed by atoms with Crippen LogP contribution >= 0.6 is 0 Å². The molecular formula is C10H10O3. The quantitative estimate of drug-likeness (QED) is 0.567. The molecule has 1 aromatic rings. The Morgan fingerprint density at radius 3 is 2.92 bits per heavy atom. The van der Waals surface area contributed by atoms with Crippen LogP contribution in [-0.4, -0.2) is 5.97 Å². The first-order chi connectivity index (χ1) is 6.27. The summed E-state index contributed by atoms with van der Waals surface area (Å²) < 4.78 is 0. The summed E-state index contributed by atoms with van der Waals surface area (Å²) in [7, 11) is 0. The first-order valence-electron chi connectivity index (χ1n) is 4.23. The molecule has 13 heavy (non-hydrogen) atoms. The molecule has 1 heterocycles. The van der Waals surface area contributed by atoms with Crippen molar-refractivity contribution >= 4 is 5.97 Å². The third kappa shape index (κ3) is 1.49. The second kappa shape index (κ2) is 3.09. The van der Waals surface area contributed by atoms with E-state index in [2.05, 4.69) is 4.89 Å². The highest BCUT2D eigenvalue weighted by molar-refractivity contribution is 5.72. The number of hydrogen-bond donors (Lipinski definition) is 0. The Morgan fingerprint density at radius 1 is 1.31 bits per heavy atom. The van der Waals surface area contributed by atoms with Gasteiger partial charge in [0.2, 0.25) is 0 Å². The van der Waals surface area contributed by atoms with Gasteiger partial charge in [0.05, 0.1) is 5.92 Å². The molecule has 0 aromatic heterocycles. The molecule has 0 N–H and O–H groups in total. The molecule has 1 unspecified atom stereocenters. The first-order valence-corrected chi connectivity index (χ1v) is 4.23. The van der Waals surface area contributed by atoms with E-state index in [1.807, 2.05) is 25.1 Å². The van der Waals surface area contributed by atoms with E-state index in [1.165, 1.54) is 0 Å². The standard InChI is InChI=1S/C10H10O3/c1-7-6-8-4-2-3-5-9(8)12-13-10(7)11/h2-5,7H,6H2,1H3. The topological polar surface area (TPSA) is 35.5 Å². The fraction of sp³-hybridized carbons (Fsp3) is 0.300. The molecule has 0 saturated heterocycles. The molecule has 68 valence electrons. The second-order valence-electron chi connectivity index (χ2n) is 3.20. The van der Waals surface area contributed by atoms with Gasteiger partial charge in [0, 0.05) is 5.56 Å². The summed E-state index contributed by atoms with van der Waals surface area (Å²) in [5.74, 6) is 0.194. The van der Waals surface area contributed by atoms with Crippen LogP contribution in [0.4, 0.5) is 0 Å². The lowest BCUT2D eigenvalue weighted by Gasteiger charge is -2.01. The van der Waals surface area contributed by atoms with Crippen molar-refractivity contribution in [3.8, 4) is 5.75 Å². The van der Waals surface area contributed by atoms with Crippen molar-refractivity contribution < 1.29 is 14.6 Å². The third-order valence-corrected chi connectivity index (χ3v) is 2.11. The summed E-state index contributed by atoms with van der Waals surface area (Å²) in [4.78, 5) is 20.6. The van der Waals surface area contributed by atoms with Crippen LogP contribution in [0.1, 0.15) is 12.5 Å². The predicted molar refractivity (Wildman–Crippen MR) is 46.0 cm³/mol. The van der Waals surface area contributed by atoms with Gasteiger partial charge in [0.1, 0.15) is 0 Å². The average molecular weight is 178 g/mol. The van der Waals surface area contributed by atoms with Crippen molar-refractivity contribution in [2.45, 2.75) is 13.3 Å². The number of carbonyl (C=O) groups is 1. The minimum atomic E-state index is -0.309. The van der Waals surface area contributed by atoms with Gasteiger partial charge in [-0.05, 0) is 12.5 Å². The Kier molecular flexibility index (Phi) is 1.93. The molecule has 1 atom stereocenters. The van der Waals surface area contributed by atoms with Gasteiger partial charge in [-0.3, -0.25) is 9.78 Å². The molecule has 2 rings (SSSR count). The van der Waals surface area contributed by atoms with Crippen LogP contribution in [0.3, 0.4) is 0 Å². The summed E-state index contributed by atoms with van der Waals surface area (Å²) in [6.07, 6.45) is 0.676. The molecular weight excluding hydrogens is 168 g/mol. The molecule has 1 aliphatic heterocycles. The second-order valence-corrected chi connectivity index (χ2v) is 3.20. The Balaban J connectivity index is 2.35. The van der Waals surface area contributed by atoms with Crippen LogP contribution in [0.5, 0.6) is 5.75 Å². The van der Waals surface area contributed by atoms with E-state index in [1.54, 1.807) is 6.07 Å². The van der Waals surface area contributed by atoms with E-state index in [0.29, 0.717) is 12.2 Å². The van der Waals surface area contributed by atoms with Crippen LogP contribution in [0.2, 0.25) is 0 Å². The van der Waals surface area contributed by atoms with Gasteiger partial charge in [0.25, 0.3) is 0 Å². The molecule has 3 heteroatoms. The Morgan fingerprint density at radius 2 is 2.08 bits per heavy atom. The van der Waals surface area contributed by atoms with Crippen molar-refractivity contribution in [2.24, 2.45) is 5.92 Å². The van der Waals surface area contributed by atoms with Crippen molar-refractivity contribution in [1.29, 1.82) is 0 Å². The molecule has 0 saturated carbocycles. The van der Waals surface area contributed by atoms with Crippen molar-refractivity contribution in [3.05, 3.63) is 29.8 Å². The maximum Gasteiger partial charge on any atom is 0.358 e. The molecule has 0 bridgehead atoms. The molecule has 0 spiro atoms. The maximum absolute atomic E-state index is 11.1. The van der Waals surface area contributed by atoms with Gasteiger partial charge in [-0.15, -0.1) is 0 Å². The SMILES string of the molecule is CC1Cc2ccccc2OOC1=O. The number of fused-ring (bicyclic) bond motifs is 1. The van der Waals surface area contributed by atoms with E-state index < -0.39 is 0 Å². The number of para-hydroxylation sites is 1. The van der Waals surface area contributed by atoms with E-state index in [4.69, 9.17) is 4.89 Å². The summed E-state index contributed by atoms with van der Waals surface area (Å²) in [6, 6.07) is 7.50. The smallest absolute Gasteiger partial charge is 0.287 e. The minimum Gasteiger partial charge on any atom is -0.287 e. The highest BCUT2D eigenvalue weighted by Crippen LogP contribution is 2.25. The zero-order chi connectivity index (χ0) is 9.26. The molecule has 0 fully saturated rings. The highest BCUT2D eigenvalue weighted by Gasteiger charge is 2.22. The fourth-order valence-electron chi connectivity index (χ4n) is 1.34. The van der Waals surface area contributed by atoms with Gasteiger partial charge in [-0.1, -0.05) is 25.1 Å². The zero-order valence-corrected chi connectivity index (χ0v) is 7.32. The summed E-state index contributed by atoms with van der Waals surface area (Å²) in [6.45, 7) is 1.83. The lowest BCUT2D eigenvalue weighted by atomic mass is 10.0. The monoisotopic (exact) mass is 178 g/mol. The van der Waals surface area contributed by atoms with Crippen LogP contribution in [-0.2, 0) is 16.1 Å². The number of rotatable bonds is 0. The zero-order valence-electron chi connectivity index (χ0n) is 7.32. The molecule has 0 radical (unpaired) electrons. The predicted octanol–water partition coefficient (Wildman–Crippen LogP) is 1.72. The van der Waals surface area contributed by atoms with Crippen LogP contribution in [0.25, 0.3) is 0 Å². The number of hydrogen-bond acceptors (Lipinski definition) is 3. The lowest BCUT2D eigenvalue weighted by Crippen LogP contribution is -2.14. The number of benzene rings is 1. The number of carbonyl (C=O) groups excluding carboxylic acids is 1. The fourth-order valence-corrected chi connectivity index (χ4v) is 1.34. The summed E-state index contributed by atoms with van der Waals surface area (Å²) >= 11 is 0. The third-order valence-electron chi connectivity index (χ3n) is 2.11. The van der Waals surface area contributed by atoms with Crippen molar-refractivity contribution in [3.63, 3.8) is 0 Å². The molecule has 0 amide bonds. The minimum absolute atomic E-state index is 0.136. The molecule has 0 aliphatic carbocycles. The van der Waals surface area contributed by atoms with Gasteiger partial charge in [-0.25, -0.2) is 4.79 Å². The summed E-state index contributed by atoms with van der Waals surface area (Å²) in [5.41, 5.74) is 1.01. The normalized spacial score (nSPS) is 21.0. The van der Waals surface area contributed by atoms with Gasteiger partial charge >= 0.3 is 5.97 Å². The van der Waals surface area contributed by atoms with E-state index >= 15 is 0 Å². The first kappa shape index (κ1) is 8.10. The molecule has 1 aliphatic rings. The highest BCUT2D eigenvalue weighted by atomic mass is 17.2. The molecule has 3 nitrogen and oxygen atoms in total. The van der Waals surface area contributed by atoms with Gasteiger partial charge in [0.15, 0.2) is 5.75 Å².